The molecule has 2 spiro atoms. The number of methoxy groups -OCH3 is 1. The average Bonchev–Trinajstić information content (AvgIpc) is 3.83. The maximum Gasteiger partial charge on any atom is 0.309 e. The maximum absolute atomic E-state index is 13.2. The summed E-state index contributed by atoms with van der Waals surface area (Å²) in [6.07, 6.45) is 20.7. The van der Waals surface area contributed by atoms with Gasteiger partial charge in [-0.2, -0.15) is 0 Å². The van der Waals surface area contributed by atoms with Gasteiger partial charge in [-0.25, -0.2) is 0 Å². The van der Waals surface area contributed by atoms with Crippen molar-refractivity contribution in [1.82, 2.24) is 0 Å². The van der Waals surface area contributed by atoms with E-state index in [9.17, 15) is 25.2 Å². The van der Waals surface area contributed by atoms with Gasteiger partial charge in [-0.3, -0.25) is 4.79 Å². The molecule has 9 rings (SSSR count). The van der Waals surface area contributed by atoms with Crippen LogP contribution in [0.2, 0.25) is 0 Å². The molecule has 0 amide bonds. The molecule has 8 aliphatic rings. The molecule has 0 unspecified atom stereocenters. The molecule has 0 radical (unpaired) electrons. The predicted molar refractivity (Wildman–Crippen MR) is 243 cm³/mol. The summed E-state index contributed by atoms with van der Waals surface area (Å²) in [5, 5.41) is 49.5. The Balaban J connectivity index is 1.21. The summed E-state index contributed by atoms with van der Waals surface area (Å²) in [5.41, 5.74) is -1.53. The Morgan fingerprint density at radius 3 is 2.23 bits per heavy atom. The second kappa shape index (κ2) is 15.8. The van der Waals surface area contributed by atoms with E-state index in [1.165, 1.54) is 44.1 Å². The monoisotopic (exact) mass is 855 g/mol. The third-order valence-corrected chi connectivity index (χ3v) is 22.1. The van der Waals surface area contributed by atoms with Crippen molar-refractivity contribution in [1.29, 1.82) is 0 Å². The first-order chi connectivity index (χ1) is 29.5. The molecule has 7 heteroatoms. The van der Waals surface area contributed by atoms with Crippen LogP contribution in [0.1, 0.15) is 181 Å². The minimum Gasteiger partial charge on any atom is -0.481 e. The highest BCUT2D eigenvalue weighted by Gasteiger charge is 2.87. The van der Waals surface area contributed by atoms with Crippen molar-refractivity contribution in [3.8, 4) is 11.8 Å². The lowest BCUT2D eigenvalue weighted by Crippen LogP contribution is -2.80. The van der Waals surface area contributed by atoms with Gasteiger partial charge in [0.1, 0.15) is 0 Å². The summed E-state index contributed by atoms with van der Waals surface area (Å²) < 4.78 is 12.5. The Bertz CT molecular complexity index is 1900. The fourth-order valence-corrected chi connectivity index (χ4v) is 18.6. The second-order valence-electron chi connectivity index (χ2n) is 24.1. The number of benzene rings is 1. The number of carbonyl (C=O) groups is 1. The van der Waals surface area contributed by atoms with Crippen LogP contribution in [0.25, 0.3) is 0 Å². The SMILES string of the molecule is CCC[C@H]1[C@@]23CC[C@@]45C#CC[C@@H](CCC6CCCC6)CC[C@@]6(CC[C@@]4(C)[C@]2(CO)[C@H](O)C[C@]1(O)O[C@H]3Cc1ccc(CCOC)cc1)[C@@H]1C[C@](C)(C(=O)O)CC[C@@]1(C)CC[C@@]65C. The van der Waals surface area contributed by atoms with E-state index in [2.05, 4.69) is 63.8 Å². The van der Waals surface area contributed by atoms with Gasteiger partial charge in [-0.1, -0.05) is 96.4 Å². The lowest BCUT2D eigenvalue weighted by atomic mass is 9.21. The fourth-order valence-electron chi connectivity index (χ4n) is 18.6. The van der Waals surface area contributed by atoms with Crippen LogP contribution in [0, 0.1) is 78.8 Å². The number of ether oxygens (including phenoxy) is 2. The molecule has 1 aromatic rings. The molecule has 7 aliphatic carbocycles. The van der Waals surface area contributed by atoms with Crippen molar-refractivity contribution in [2.24, 2.45) is 67.0 Å². The first-order valence-electron chi connectivity index (χ1n) is 25.5. The first kappa shape index (κ1) is 45.2. The number of fused-ring (bicyclic) bond motifs is 3. The number of carboxylic acids is 1. The zero-order valence-corrected chi connectivity index (χ0v) is 39.5. The molecule has 6 saturated carbocycles. The molecule has 7 fully saturated rings. The molecule has 344 valence electrons. The Morgan fingerprint density at radius 2 is 1.53 bits per heavy atom. The standard InChI is InChI=1S/C55H82O7/c1-7-11-42-53-32-31-52-23-10-14-39(16-15-38-12-8-9-13-38)21-24-51(43-35-48(3,46(58)59)26-25-47(43,2)27-28-49(51,52)4)30-29-50(52,5)54(53,37-56)44(57)36-55(42,60)62-45(53)34-41-19-17-40(18-20-41)22-33-61-6/h17-20,38-39,42-45,56-57,60H,7-9,11-16,21-22,24-37H2,1-6H3,(H,58,59)/t39-,42-,43+,44+,45-,47-,48+,49-,50+,51+,52+,53+,54-,55-/m0/s1. The van der Waals surface area contributed by atoms with Crippen molar-refractivity contribution < 1.29 is 34.7 Å². The van der Waals surface area contributed by atoms with Crippen LogP contribution in [0.3, 0.4) is 0 Å². The Morgan fingerprint density at radius 1 is 0.839 bits per heavy atom. The summed E-state index contributed by atoms with van der Waals surface area (Å²) in [6, 6.07) is 8.77. The molecule has 1 heterocycles. The summed E-state index contributed by atoms with van der Waals surface area (Å²) >= 11 is 0. The van der Waals surface area contributed by atoms with Gasteiger partial charge in [-0.05, 0) is 154 Å². The van der Waals surface area contributed by atoms with Crippen molar-refractivity contribution in [2.45, 2.75) is 200 Å². The van der Waals surface area contributed by atoms with E-state index in [0.29, 0.717) is 25.4 Å². The molecule has 0 aromatic heterocycles. The molecule has 14 atom stereocenters. The zero-order valence-electron chi connectivity index (χ0n) is 39.5. The van der Waals surface area contributed by atoms with Crippen molar-refractivity contribution >= 4 is 5.97 Å². The number of aliphatic hydroxyl groups is 3. The van der Waals surface area contributed by atoms with Crippen LogP contribution in [-0.2, 0) is 27.1 Å². The van der Waals surface area contributed by atoms with Gasteiger partial charge in [0, 0.05) is 42.1 Å². The third kappa shape index (κ3) is 6.03. The van der Waals surface area contributed by atoms with E-state index in [-0.39, 0.29) is 47.2 Å². The number of aliphatic carboxylic acids is 1. The largest absolute Gasteiger partial charge is 0.481 e. The van der Waals surface area contributed by atoms with Gasteiger partial charge in [0.05, 0.1) is 30.8 Å². The second-order valence-corrected chi connectivity index (χ2v) is 24.1. The van der Waals surface area contributed by atoms with Crippen molar-refractivity contribution in [3.63, 3.8) is 0 Å². The molecule has 4 bridgehead atoms. The molecule has 4 N–H and O–H groups in total. The van der Waals surface area contributed by atoms with E-state index in [0.717, 1.165) is 101 Å². The fraction of sp³-hybridized carbons (Fsp3) is 0.836. The van der Waals surface area contributed by atoms with E-state index < -0.39 is 44.9 Å². The Kier molecular flexibility index (Phi) is 11.6. The lowest BCUT2D eigenvalue weighted by molar-refractivity contribution is -0.357. The molecule has 1 aromatic carbocycles. The topological polar surface area (TPSA) is 116 Å². The predicted octanol–water partition coefficient (Wildman–Crippen LogP) is 10.7. The maximum atomic E-state index is 13.2. The van der Waals surface area contributed by atoms with Gasteiger partial charge in [0.15, 0.2) is 5.79 Å². The number of hydrogen-bond acceptors (Lipinski definition) is 6. The number of carboxylic acid groups (broad SMARTS) is 1. The smallest absolute Gasteiger partial charge is 0.309 e. The van der Waals surface area contributed by atoms with Gasteiger partial charge in [0.2, 0.25) is 0 Å². The molecular formula is C55H82O7. The highest BCUT2D eigenvalue weighted by atomic mass is 16.6. The summed E-state index contributed by atoms with van der Waals surface area (Å²) in [4.78, 5) is 13.2. The Hall–Kier alpha value is -1.95. The normalized spacial score (nSPS) is 48.3. The van der Waals surface area contributed by atoms with Crippen molar-refractivity contribution in [2.75, 3.05) is 20.3 Å². The van der Waals surface area contributed by atoms with E-state index >= 15 is 0 Å². The van der Waals surface area contributed by atoms with E-state index in [1.807, 2.05) is 6.92 Å². The van der Waals surface area contributed by atoms with Gasteiger partial charge in [-0.15, -0.1) is 5.92 Å². The number of rotatable bonds is 12. The lowest BCUT2D eigenvalue weighted by Gasteiger charge is -2.81. The number of hydrogen-bond donors (Lipinski definition) is 4. The van der Waals surface area contributed by atoms with Gasteiger partial charge in [0.25, 0.3) is 0 Å². The summed E-state index contributed by atoms with van der Waals surface area (Å²) in [7, 11) is 1.73. The zero-order chi connectivity index (χ0) is 44.0. The average molecular weight is 855 g/mol. The van der Waals surface area contributed by atoms with Crippen LogP contribution in [-0.4, -0.2) is 64.7 Å². The molecule has 7 nitrogen and oxygen atoms in total. The summed E-state index contributed by atoms with van der Waals surface area (Å²) in [6.45, 7) is 12.3. The summed E-state index contributed by atoms with van der Waals surface area (Å²) in [5.74, 6) is 7.56. The van der Waals surface area contributed by atoms with Gasteiger partial charge >= 0.3 is 5.97 Å². The van der Waals surface area contributed by atoms with E-state index in [1.54, 1.807) is 7.11 Å². The minimum absolute atomic E-state index is 0.0609. The van der Waals surface area contributed by atoms with Crippen LogP contribution in [0.15, 0.2) is 24.3 Å². The van der Waals surface area contributed by atoms with Gasteiger partial charge < -0.3 is 29.9 Å². The van der Waals surface area contributed by atoms with Crippen LogP contribution in [0.4, 0.5) is 0 Å². The van der Waals surface area contributed by atoms with Crippen molar-refractivity contribution in [3.05, 3.63) is 35.4 Å². The molecular weight excluding hydrogens is 773 g/mol. The van der Waals surface area contributed by atoms with Crippen LogP contribution < -0.4 is 0 Å². The molecule has 1 saturated heterocycles. The van der Waals surface area contributed by atoms with E-state index in [4.69, 9.17) is 9.47 Å². The minimum atomic E-state index is -1.48. The first-order valence-corrected chi connectivity index (χ1v) is 25.5. The van der Waals surface area contributed by atoms with Crippen LogP contribution in [0.5, 0.6) is 0 Å². The molecule has 1 aliphatic heterocycles. The highest BCUT2D eigenvalue weighted by molar-refractivity contribution is 5.74. The Labute approximate surface area is 374 Å². The highest BCUT2D eigenvalue weighted by Crippen LogP contribution is 2.88. The third-order valence-electron chi connectivity index (χ3n) is 22.1. The number of aliphatic hydroxyl groups excluding tert-OH is 2. The molecule has 62 heavy (non-hydrogen) atoms. The van der Waals surface area contributed by atoms with Crippen LogP contribution >= 0.6 is 0 Å². The quantitative estimate of drug-likeness (QED) is 0.155.